The van der Waals surface area contributed by atoms with Crippen molar-refractivity contribution in [3.8, 4) is 0 Å². The Morgan fingerprint density at radius 1 is 1.03 bits per heavy atom. The summed E-state index contributed by atoms with van der Waals surface area (Å²) in [6.07, 6.45) is 13.7. The number of hydrogen-bond acceptors (Lipinski definition) is 6. The molecular formula is C27H38N2O4. The molecule has 0 aromatic carbocycles. The van der Waals surface area contributed by atoms with Gasteiger partial charge in [-0.25, -0.2) is 0 Å². The van der Waals surface area contributed by atoms with E-state index in [0.29, 0.717) is 43.8 Å². The molecule has 1 heterocycles. The van der Waals surface area contributed by atoms with Crippen molar-refractivity contribution in [2.45, 2.75) is 72.6 Å². The largest absolute Gasteiger partial charge is 0.466 e. The van der Waals surface area contributed by atoms with Gasteiger partial charge in [-0.3, -0.25) is 19.6 Å². The fourth-order valence-electron chi connectivity index (χ4n) is 7.49. The lowest BCUT2D eigenvalue weighted by molar-refractivity contribution is -0.159. The van der Waals surface area contributed by atoms with Crippen LogP contribution in [0.5, 0.6) is 0 Å². The molecular weight excluding hydrogens is 416 g/mol. The second-order valence-corrected chi connectivity index (χ2v) is 10.5. The molecule has 33 heavy (non-hydrogen) atoms. The predicted octanol–water partition coefficient (Wildman–Crippen LogP) is 5.24. The molecule has 0 radical (unpaired) electrons. The van der Waals surface area contributed by atoms with E-state index in [9.17, 15) is 9.59 Å². The molecule has 1 aromatic rings. The highest BCUT2D eigenvalue weighted by molar-refractivity contribution is 5.72. The number of rotatable bonds is 7. The summed E-state index contributed by atoms with van der Waals surface area (Å²) in [5, 5.41) is 0. The Hall–Kier alpha value is -2.24. The Bertz CT molecular complexity index is 901. The number of hydrogen-bond donors (Lipinski definition) is 0. The standard InChI is InChI=1S/C27H38N2O4/c1-5-32-24(30)15-18-7-8-19-20-9-10-22(23-17-28-13-14-29-23)26(20,3)12-11-21(19)27(18,4)16-25(31)33-6-2/h10,13-14,17-21H,5-9,11-12,15-16H2,1-4H3/t18-,19-,20-,21-,26-,27-/m0/s1. The summed E-state index contributed by atoms with van der Waals surface area (Å²) in [5.74, 6) is 1.28. The maximum absolute atomic E-state index is 12.7. The zero-order valence-corrected chi connectivity index (χ0v) is 20.5. The Morgan fingerprint density at radius 2 is 1.79 bits per heavy atom. The van der Waals surface area contributed by atoms with Gasteiger partial charge >= 0.3 is 11.9 Å². The van der Waals surface area contributed by atoms with Gasteiger partial charge in [-0.2, -0.15) is 0 Å². The van der Waals surface area contributed by atoms with Crippen LogP contribution in [0.4, 0.5) is 0 Å². The van der Waals surface area contributed by atoms with Crippen LogP contribution >= 0.6 is 0 Å². The molecule has 3 aliphatic carbocycles. The van der Waals surface area contributed by atoms with E-state index in [1.165, 1.54) is 5.57 Å². The summed E-state index contributed by atoms with van der Waals surface area (Å²) in [6, 6.07) is 0. The van der Waals surface area contributed by atoms with E-state index in [1.54, 1.807) is 12.4 Å². The van der Waals surface area contributed by atoms with Gasteiger partial charge in [-0.1, -0.05) is 19.9 Å². The molecule has 0 bridgehead atoms. The van der Waals surface area contributed by atoms with Crippen molar-refractivity contribution in [1.82, 2.24) is 9.97 Å². The molecule has 6 nitrogen and oxygen atoms in total. The fourth-order valence-corrected chi connectivity index (χ4v) is 7.49. The van der Waals surface area contributed by atoms with Crippen molar-refractivity contribution in [1.29, 1.82) is 0 Å². The monoisotopic (exact) mass is 454 g/mol. The summed E-state index contributed by atoms with van der Waals surface area (Å²) in [7, 11) is 0. The first-order valence-corrected chi connectivity index (χ1v) is 12.6. The minimum Gasteiger partial charge on any atom is -0.466 e. The molecule has 0 unspecified atom stereocenters. The van der Waals surface area contributed by atoms with Gasteiger partial charge in [-0.05, 0) is 86.0 Å². The van der Waals surface area contributed by atoms with Gasteiger partial charge in [0.1, 0.15) is 0 Å². The molecule has 180 valence electrons. The van der Waals surface area contributed by atoms with E-state index < -0.39 is 0 Å². The number of fused-ring (bicyclic) bond motifs is 3. The number of allylic oxidation sites excluding steroid dienone is 2. The van der Waals surface area contributed by atoms with Crippen LogP contribution in [-0.4, -0.2) is 35.1 Å². The zero-order chi connectivity index (χ0) is 23.6. The number of esters is 2. The van der Waals surface area contributed by atoms with E-state index in [2.05, 4.69) is 29.9 Å². The summed E-state index contributed by atoms with van der Waals surface area (Å²) >= 11 is 0. The number of carbonyl (C=O) groups excluding carboxylic acids is 2. The molecule has 3 aliphatic rings. The Kier molecular flexibility index (Phi) is 6.92. The highest BCUT2D eigenvalue weighted by Crippen LogP contribution is 2.66. The molecule has 0 spiro atoms. The first-order chi connectivity index (χ1) is 15.8. The molecule has 6 atom stereocenters. The van der Waals surface area contributed by atoms with Crippen LogP contribution in [-0.2, 0) is 19.1 Å². The number of nitrogens with zero attached hydrogens (tertiary/aromatic N) is 2. The highest BCUT2D eigenvalue weighted by atomic mass is 16.5. The van der Waals surface area contributed by atoms with Crippen LogP contribution in [0.1, 0.15) is 78.3 Å². The minimum absolute atomic E-state index is 0.0794. The molecule has 0 aliphatic heterocycles. The average molecular weight is 455 g/mol. The average Bonchev–Trinajstić information content (AvgIpc) is 3.14. The molecule has 2 saturated carbocycles. The van der Waals surface area contributed by atoms with E-state index in [1.807, 2.05) is 20.0 Å². The molecule has 0 N–H and O–H groups in total. The zero-order valence-electron chi connectivity index (χ0n) is 20.5. The highest BCUT2D eigenvalue weighted by Gasteiger charge is 2.58. The van der Waals surface area contributed by atoms with Crippen molar-refractivity contribution in [2.75, 3.05) is 13.2 Å². The topological polar surface area (TPSA) is 78.4 Å². The van der Waals surface area contributed by atoms with E-state index in [4.69, 9.17) is 9.47 Å². The fraction of sp³-hybridized carbons (Fsp3) is 0.704. The molecule has 2 fully saturated rings. The van der Waals surface area contributed by atoms with E-state index >= 15 is 0 Å². The molecule has 0 saturated heterocycles. The SMILES string of the molecule is CCOC(=O)C[C@@H]1CC[C@@H]2[C@H](CC[C@]3(C)C(c4cnccn4)=CC[C@@H]23)[C@@]1(C)CC(=O)OCC. The Labute approximate surface area is 197 Å². The predicted molar refractivity (Wildman–Crippen MR) is 126 cm³/mol. The van der Waals surface area contributed by atoms with Gasteiger partial charge in [0, 0.05) is 18.8 Å². The lowest BCUT2D eigenvalue weighted by atomic mass is 9.46. The minimum atomic E-state index is -0.265. The molecule has 6 heteroatoms. The summed E-state index contributed by atoms with van der Waals surface area (Å²) in [4.78, 5) is 34.1. The number of aromatic nitrogens is 2. The van der Waals surface area contributed by atoms with Crippen molar-refractivity contribution in [3.05, 3.63) is 30.4 Å². The van der Waals surface area contributed by atoms with Crippen LogP contribution in [0.2, 0.25) is 0 Å². The normalized spacial score (nSPS) is 35.2. The van der Waals surface area contributed by atoms with Gasteiger partial charge < -0.3 is 9.47 Å². The molecule has 0 amide bonds. The van der Waals surface area contributed by atoms with Crippen LogP contribution in [0.15, 0.2) is 24.7 Å². The second-order valence-electron chi connectivity index (χ2n) is 10.5. The third-order valence-corrected chi connectivity index (χ3v) is 9.03. The lowest BCUT2D eigenvalue weighted by Crippen LogP contribution is -2.52. The van der Waals surface area contributed by atoms with E-state index in [0.717, 1.165) is 37.8 Å². The van der Waals surface area contributed by atoms with Gasteiger partial charge in [0.25, 0.3) is 0 Å². The summed E-state index contributed by atoms with van der Waals surface area (Å²) < 4.78 is 10.7. The van der Waals surface area contributed by atoms with Gasteiger partial charge in [0.05, 0.1) is 31.5 Å². The summed E-state index contributed by atoms with van der Waals surface area (Å²) in [5.41, 5.74) is 2.14. The van der Waals surface area contributed by atoms with Gasteiger partial charge in [-0.15, -0.1) is 0 Å². The van der Waals surface area contributed by atoms with Crippen molar-refractivity contribution in [3.63, 3.8) is 0 Å². The quantitative estimate of drug-likeness (QED) is 0.525. The van der Waals surface area contributed by atoms with Crippen LogP contribution in [0.3, 0.4) is 0 Å². The smallest absolute Gasteiger partial charge is 0.306 e. The molecule has 1 aromatic heterocycles. The molecule has 4 rings (SSSR count). The summed E-state index contributed by atoms with van der Waals surface area (Å²) in [6.45, 7) is 9.11. The maximum atomic E-state index is 12.7. The maximum Gasteiger partial charge on any atom is 0.306 e. The van der Waals surface area contributed by atoms with Gasteiger partial charge in [0.15, 0.2) is 0 Å². The van der Waals surface area contributed by atoms with Crippen molar-refractivity contribution < 1.29 is 19.1 Å². The number of ether oxygens (including phenoxy) is 2. The van der Waals surface area contributed by atoms with Crippen LogP contribution in [0, 0.1) is 34.5 Å². The Morgan fingerprint density at radius 3 is 2.48 bits per heavy atom. The third kappa shape index (κ3) is 4.33. The third-order valence-electron chi connectivity index (χ3n) is 9.03. The lowest BCUT2D eigenvalue weighted by Gasteiger charge is -2.58. The van der Waals surface area contributed by atoms with Crippen LogP contribution in [0.25, 0.3) is 5.57 Å². The number of carbonyl (C=O) groups is 2. The first-order valence-electron chi connectivity index (χ1n) is 12.6. The first kappa shape index (κ1) is 23.9. The van der Waals surface area contributed by atoms with Gasteiger partial charge in [0.2, 0.25) is 0 Å². The van der Waals surface area contributed by atoms with Crippen LogP contribution < -0.4 is 0 Å². The second kappa shape index (κ2) is 9.55. The van der Waals surface area contributed by atoms with E-state index in [-0.39, 0.29) is 28.7 Å². The van der Waals surface area contributed by atoms with Crippen molar-refractivity contribution >= 4 is 17.5 Å². The van der Waals surface area contributed by atoms with Crippen molar-refractivity contribution in [2.24, 2.45) is 34.5 Å². The Balaban J connectivity index is 1.61.